The first kappa shape index (κ1) is 28.8. The Morgan fingerprint density at radius 3 is 2.31 bits per heavy atom. The molecule has 0 aromatic carbocycles. The number of aromatic nitrogens is 1. The Morgan fingerprint density at radius 2 is 1.71 bits per heavy atom. The van der Waals surface area contributed by atoms with Crippen LogP contribution in [0, 0.1) is 28.6 Å². The van der Waals surface area contributed by atoms with Crippen molar-refractivity contribution in [2.24, 2.45) is 17.3 Å². The van der Waals surface area contributed by atoms with Gasteiger partial charge in [-0.1, -0.05) is 78.1 Å². The lowest BCUT2D eigenvalue weighted by Gasteiger charge is -2.39. The smallest absolute Gasteiger partial charge is 0.314 e. The lowest BCUT2D eigenvalue weighted by Crippen LogP contribution is -2.42. The van der Waals surface area contributed by atoms with Crippen molar-refractivity contribution in [3.8, 4) is 11.8 Å². The third kappa shape index (κ3) is 9.28. The third-order valence-corrected chi connectivity index (χ3v) is 7.51. The number of rotatable bonds is 16. The molecule has 0 saturated heterocycles. The summed E-state index contributed by atoms with van der Waals surface area (Å²) in [7, 11) is 0. The number of ether oxygens (including phenoxy) is 1. The van der Waals surface area contributed by atoms with Gasteiger partial charge in [0.05, 0.1) is 29.5 Å². The molecule has 35 heavy (non-hydrogen) atoms. The Kier molecular flexibility index (Phi) is 12.8. The minimum Gasteiger partial charge on any atom is -0.481 e. The summed E-state index contributed by atoms with van der Waals surface area (Å²) in [6, 6.07) is 6.01. The maximum Gasteiger partial charge on any atom is 0.314 e. The number of carbonyl (C=O) groups excluding carboxylic acids is 1. The van der Waals surface area contributed by atoms with Crippen LogP contribution in [0.4, 0.5) is 0 Å². The number of pyridine rings is 1. The molecule has 1 heterocycles. The van der Waals surface area contributed by atoms with Crippen molar-refractivity contribution in [1.29, 1.82) is 5.26 Å². The molecule has 1 aliphatic carbocycles. The molecule has 0 aliphatic heterocycles. The Hall–Kier alpha value is -2.42. The van der Waals surface area contributed by atoms with Crippen molar-refractivity contribution in [2.45, 2.75) is 117 Å². The normalized spacial score (nSPS) is 21.9. The van der Waals surface area contributed by atoms with E-state index < -0.39 is 29.2 Å². The lowest BCUT2D eigenvalue weighted by molar-refractivity contribution is -0.151. The molecule has 1 aliphatic rings. The minimum atomic E-state index is -0.988. The topological polar surface area (TPSA) is 100 Å². The van der Waals surface area contributed by atoms with Crippen LogP contribution < -0.4 is 4.74 Å². The molecule has 1 saturated carbocycles. The second-order valence-electron chi connectivity index (χ2n) is 10.2. The molecule has 1 aromatic rings. The van der Waals surface area contributed by atoms with E-state index in [9.17, 15) is 20.0 Å². The SMILES string of the molecule is CCCCCCCCc1ccc(OC(=O)[C@@H]2CC[C@@](C#N)(CCCCCCC)[C@@H](C(=O)O)C2)cn1. The predicted molar refractivity (Wildman–Crippen MR) is 137 cm³/mol. The third-order valence-electron chi connectivity index (χ3n) is 7.51. The molecule has 1 fully saturated rings. The van der Waals surface area contributed by atoms with Crippen molar-refractivity contribution in [3.63, 3.8) is 0 Å². The molecular formula is C29H44N2O4. The monoisotopic (exact) mass is 484 g/mol. The Morgan fingerprint density at radius 1 is 1.06 bits per heavy atom. The van der Waals surface area contributed by atoms with Gasteiger partial charge < -0.3 is 9.84 Å². The highest BCUT2D eigenvalue weighted by molar-refractivity contribution is 5.78. The van der Waals surface area contributed by atoms with Crippen molar-refractivity contribution < 1.29 is 19.4 Å². The number of unbranched alkanes of at least 4 members (excludes halogenated alkanes) is 9. The number of esters is 1. The molecular weight excluding hydrogens is 440 g/mol. The van der Waals surface area contributed by atoms with Gasteiger partial charge in [0.15, 0.2) is 0 Å². The Labute approximate surface area is 211 Å². The molecule has 0 amide bonds. The van der Waals surface area contributed by atoms with Crippen LogP contribution in [0.15, 0.2) is 18.3 Å². The van der Waals surface area contributed by atoms with Crippen molar-refractivity contribution >= 4 is 11.9 Å². The standard InChI is InChI=1S/C29H44N2O4/c1-3-5-7-9-10-12-14-24-15-16-25(21-31-24)35-28(34)23-17-19-29(22-30,26(20-23)27(32)33)18-13-11-8-6-4-2/h15-16,21,23,26H,3-14,17-20H2,1-2H3,(H,32,33)/t23-,26-,29-/m1/s1. The molecule has 1 N–H and O–H groups in total. The van der Waals surface area contributed by atoms with Crippen molar-refractivity contribution in [3.05, 3.63) is 24.0 Å². The lowest BCUT2D eigenvalue weighted by atomic mass is 9.62. The van der Waals surface area contributed by atoms with Gasteiger partial charge in [-0.15, -0.1) is 0 Å². The highest BCUT2D eigenvalue weighted by atomic mass is 16.5. The fraction of sp³-hybridized carbons (Fsp3) is 0.724. The number of aryl methyl sites for hydroxylation is 1. The number of aliphatic carboxylic acids is 1. The minimum absolute atomic E-state index is 0.153. The summed E-state index contributed by atoms with van der Waals surface area (Å²) in [5, 5.41) is 19.8. The van der Waals surface area contributed by atoms with E-state index >= 15 is 0 Å². The molecule has 0 radical (unpaired) electrons. The van der Waals surface area contributed by atoms with Gasteiger partial charge in [-0.05, 0) is 50.7 Å². The van der Waals surface area contributed by atoms with E-state index in [2.05, 4.69) is 24.9 Å². The van der Waals surface area contributed by atoms with Gasteiger partial charge >= 0.3 is 11.9 Å². The second kappa shape index (κ2) is 15.5. The Bertz CT molecular complexity index is 817. The summed E-state index contributed by atoms with van der Waals surface area (Å²) in [6.07, 6.45) is 16.8. The average Bonchev–Trinajstić information content (AvgIpc) is 2.86. The van der Waals surface area contributed by atoms with E-state index in [0.29, 0.717) is 25.0 Å². The molecule has 3 atom stereocenters. The zero-order valence-electron chi connectivity index (χ0n) is 21.8. The summed E-state index contributed by atoms with van der Waals surface area (Å²) < 4.78 is 5.56. The van der Waals surface area contributed by atoms with Gasteiger partial charge in [0.2, 0.25) is 0 Å². The number of carbonyl (C=O) groups is 2. The van der Waals surface area contributed by atoms with Crippen LogP contribution in [-0.4, -0.2) is 22.0 Å². The van der Waals surface area contributed by atoms with Crippen LogP contribution >= 0.6 is 0 Å². The van der Waals surface area contributed by atoms with Gasteiger partial charge in [-0.3, -0.25) is 14.6 Å². The first-order valence-electron chi connectivity index (χ1n) is 13.8. The molecule has 0 spiro atoms. The van der Waals surface area contributed by atoms with Crippen LogP contribution in [0.1, 0.15) is 116 Å². The first-order chi connectivity index (χ1) is 17.0. The van der Waals surface area contributed by atoms with Crippen molar-refractivity contribution in [1.82, 2.24) is 4.98 Å². The van der Waals surface area contributed by atoms with E-state index in [0.717, 1.165) is 50.6 Å². The largest absolute Gasteiger partial charge is 0.481 e. The van der Waals surface area contributed by atoms with E-state index in [-0.39, 0.29) is 6.42 Å². The molecule has 2 rings (SSSR count). The first-order valence-corrected chi connectivity index (χ1v) is 13.8. The Balaban J connectivity index is 1.87. The number of carboxylic acids is 1. The number of hydrogen-bond donors (Lipinski definition) is 1. The zero-order chi connectivity index (χ0) is 25.5. The molecule has 1 aromatic heterocycles. The summed E-state index contributed by atoms with van der Waals surface area (Å²) >= 11 is 0. The molecule has 0 unspecified atom stereocenters. The van der Waals surface area contributed by atoms with Crippen LogP contribution in [-0.2, 0) is 16.0 Å². The summed E-state index contributed by atoms with van der Waals surface area (Å²) in [5.74, 6) is -2.38. The fourth-order valence-corrected chi connectivity index (χ4v) is 5.22. The number of hydrogen-bond acceptors (Lipinski definition) is 5. The predicted octanol–water partition coefficient (Wildman–Crippen LogP) is 7.26. The summed E-state index contributed by atoms with van der Waals surface area (Å²) in [5.41, 5.74) is 0.0934. The number of nitrogens with zero attached hydrogens (tertiary/aromatic N) is 2. The van der Waals surface area contributed by atoms with Gasteiger partial charge in [0.25, 0.3) is 0 Å². The van der Waals surface area contributed by atoms with Gasteiger partial charge in [-0.25, -0.2) is 0 Å². The van der Waals surface area contributed by atoms with Crippen LogP contribution in [0.25, 0.3) is 0 Å². The highest BCUT2D eigenvalue weighted by Gasteiger charge is 2.49. The van der Waals surface area contributed by atoms with E-state index in [1.807, 2.05) is 6.07 Å². The highest BCUT2D eigenvalue weighted by Crippen LogP contribution is 2.47. The number of carboxylic acid groups (broad SMARTS) is 1. The summed E-state index contributed by atoms with van der Waals surface area (Å²) in [4.78, 5) is 29.3. The van der Waals surface area contributed by atoms with Crippen LogP contribution in [0.3, 0.4) is 0 Å². The maximum atomic E-state index is 12.8. The van der Waals surface area contributed by atoms with Crippen LogP contribution in [0.5, 0.6) is 5.75 Å². The number of nitriles is 1. The molecule has 6 heteroatoms. The van der Waals surface area contributed by atoms with Crippen LogP contribution in [0.2, 0.25) is 0 Å². The fourth-order valence-electron chi connectivity index (χ4n) is 5.22. The maximum absolute atomic E-state index is 12.8. The zero-order valence-corrected chi connectivity index (χ0v) is 21.8. The van der Waals surface area contributed by atoms with E-state index in [1.54, 1.807) is 12.3 Å². The van der Waals surface area contributed by atoms with E-state index in [4.69, 9.17) is 4.74 Å². The van der Waals surface area contributed by atoms with Gasteiger partial charge in [0.1, 0.15) is 5.75 Å². The molecule has 0 bridgehead atoms. The van der Waals surface area contributed by atoms with Crippen molar-refractivity contribution in [2.75, 3.05) is 0 Å². The molecule has 194 valence electrons. The summed E-state index contributed by atoms with van der Waals surface area (Å²) in [6.45, 7) is 4.37. The van der Waals surface area contributed by atoms with E-state index in [1.165, 1.54) is 32.1 Å². The quantitative estimate of drug-likeness (QED) is 0.196. The average molecular weight is 485 g/mol. The van der Waals surface area contributed by atoms with Gasteiger partial charge in [-0.2, -0.15) is 5.26 Å². The molecule has 6 nitrogen and oxygen atoms in total. The second-order valence-corrected chi connectivity index (χ2v) is 10.2. The van der Waals surface area contributed by atoms with Gasteiger partial charge in [0, 0.05) is 5.69 Å².